The van der Waals surface area contributed by atoms with E-state index in [1.165, 1.54) is 4.57 Å². The van der Waals surface area contributed by atoms with E-state index in [4.69, 9.17) is 0 Å². The summed E-state index contributed by atoms with van der Waals surface area (Å²) >= 11 is 0. The van der Waals surface area contributed by atoms with Crippen molar-refractivity contribution >= 4 is 5.91 Å². The molecule has 0 amide bonds. The Morgan fingerprint density at radius 2 is 2.00 bits per heavy atom. The number of aromatic nitrogens is 2. The summed E-state index contributed by atoms with van der Waals surface area (Å²) in [6.45, 7) is 3.95. The molecule has 0 aliphatic carbocycles. The van der Waals surface area contributed by atoms with Gasteiger partial charge in [-0.15, -0.1) is 0 Å². The Morgan fingerprint density at radius 1 is 1.22 bits per heavy atom. The van der Waals surface area contributed by atoms with Gasteiger partial charge in [-0.05, 0) is 38.1 Å². The summed E-state index contributed by atoms with van der Waals surface area (Å²) in [4.78, 5) is 20.8. The van der Waals surface area contributed by atoms with Crippen molar-refractivity contribution in [3.8, 4) is 0 Å². The monoisotopic (exact) mass is 241 g/mol. The maximum Gasteiger partial charge on any atom is 0.282 e. The SMILES string of the molecule is CC(C)N=c1ccccn1C(=O)c1ccccn1. The van der Waals surface area contributed by atoms with Gasteiger partial charge >= 0.3 is 0 Å². The highest BCUT2D eigenvalue weighted by molar-refractivity contribution is 5.93. The fourth-order valence-electron chi connectivity index (χ4n) is 1.59. The Morgan fingerprint density at radius 3 is 2.67 bits per heavy atom. The van der Waals surface area contributed by atoms with E-state index in [9.17, 15) is 4.79 Å². The van der Waals surface area contributed by atoms with E-state index >= 15 is 0 Å². The molecular weight excluding hydrogens is 226 g/mol. The van der Waals surface area contributed by atoms with Gasteiger partial charge in [0.2, 0.25) is 0 Å². The predicted octanol–water partition coefficient (Wildman–Crippen LogP) is 1.88. The third-order valence-corrected chi connectivity index (χ3v) is 2.33. The van der Waals surface area contributed by atoms with Crippen molar-refractivity contribution < 1.29 is 4.79 Å². The van der Waals surface area contributed by atoms with Gasteiger partial charge in [0.25, 0.3) is 5.91 Å². The summed E-state index contributed by atoms with van der Waals surface area (Å²) in [5.74, 6) is -0.171. The van der Waals surface area contributed by atoms with Gasteiger partial charge in [-0.2, -0.15) is 0 Å². The summed E-state index contributed by atoms with van der Waals surface area (Å²) in [5.41, 5.74) is 1.05. The van der Waals surface area contributed by atoms with Crippen LogP contribution in [0.4, 0.5) is 0 Å². The Balaban J connectivity index is 2.50. The average Bonchev–Trinajstić information content (AvgIpc) is 2.39. The molecule has 4 nitrogen and oxygen atoms in total. The fourth-order valence-corrected chi connectivity index (χ4v) is 1.59. The smallest absolute Gasteiger partial charge is 0.267 e. The molecule has 0 saturated carbocycles. The molecule has 92 valence electrons. The summed E-state index contributed by atoms with van der Waals surface area (Å²) in [5, 5.41) is 0. The Hall–Kier alpha value is -2.23. The second-order valence-electron chi connectivity index (χ2n) is 4.17. The molecule has 0 saturated heterocycles. The highest BCUT2D eigenvalue weighted by atomic mass is 16.2. The average molecular weight is 241 g/mol. The minimum Gasteiger partial charge on any atom is -0.267 e. The molecule has 4 heteroatoms. The molecule has 0 aliphatic rings. The molecule has 2 aromatic heterocycles. The van der Waals surface area contributed by atoms with E-state index < -0.39 is 0 Å². The largest absolute Gasteiger partial charge is 0.282 e. The highest BCUT2D eigenvalue weighted by Crippen LogP contribution is 1.97. The zero-order valence-electron chi connectivity index (χ0n) is 10.4. The van der Waals surface area contributed by atoms with E-state index in [0.717, 1.165) is 0 Å². The number of nitrogens with zero attached hydrogens (tertiary/aromatic N) is 3. The summed E-state index contributed by atoms with van der Waals surface area (Å²) < 4.78 is 1.52. The third kappa shape index (κ3) is 2.71. The van der Waals surface area contributed by atoms with Crippen LogP contribution >= 0.6 is 0 Å². The van der Waals surface area contributed by atoms with Gasteiger partial charge in [0.1, 0.15) is 11.2 Å². The normalized spacial score (nSPS) is 11.8. The second kappa shape index (κ2) is 5.40. The standard InChI is InChI=1S/C14H15N3O/c1-11(2)16-13-8-4-6-10-17(13)14(18)12-7-3-5-9-15-12/h3-11H,1-2H3. The van der Waals surface area contributed by atoms with Crippen LogP contribution in [0, 0.1) is 0 Å². The first-order valence-electron chi connectivity index (χ1n) is 5.86. The molecule has 0 fully saturated rings. The second-order valence-corrected chi connectivity index (χ2v) is 4.17. The van der Waals surface area contributed by atoms with Crippen LogP contribution in [-0.2, 0) is 0 Å². The molecule has 0 N–H and O–H groups in total. The summed E-state index contributed by atoms with van der Waals surface area (Å²) in [6, 6.07) is 10.9. The first-order chi connectivity index (χ1) is 8.68. The van der Waals surface area contributed by atoms with Crippen LogP contribution in [0.3, 0.4) is 0 Å². The number of carbonyl (C=O) groups is 1. The number of pyridine rings is 2. The topological polar surface area (TPSA) is 47.2 Å². The molecule has 0 atom stereocenters. The van der Waals surface area contributed by atoms with Crippen molar-refractivity contribution in [3.63, 3.8) is 0 Å². The zero-order valence-corrected chi connectivity index (χ0v) is 10.4. The molecule has 0 unspecified atom stereocenters. The van der Waals surface area contributed by atoms with Crippen LogP contribution in [0.1, 0.15) is 24.3 Å². The lowest BCUT2D eigenvalue weighted by Crippen LogP contribution is -2.28. The minimum atomic E-state index is -0.171. The Labute approximate surface area is 106 Å². The maximum atomic E-state index is 12.3. The summed E-state index contributed by atoms with van der Waals surface area (Å²) in [7, 11) is 0. The molecule has 0 radical (unpaired) electrons. The molecule has 18 heavy (non-hydrogen) atoms. The van der Waals surface area contributed by atoms with Gasteiger partial charge in [0.15, 0.2) is 0 Å². The molecule has 0 aliphatic heterocycles. The van der Waals surface area contributed by atoms with Gasteiger partial charge < -0.3 is 0 Å². The minimum absolute atomic E-state index is 0.134. The van der Waals surface area contributed by atoms with Crippen molar-refractivity contribution in [2.24, 2.45) is 4.99 Å². The van der Waals surface area contributed by atoms with E-state index in [1.807, 2.05) is 26.0 Å². The molecule has 0 spiro atoms. The molecule has 2 rings (SSSR count). The van der Waals surface area contributed by atoms with Crippen molar-refractivity contribution in [2.45, 2.75) is 19.9 Å². The van der Waals surface area contributed by atoms with Gasteiger partial charge in [0.05, 0.1) is 0 Å². The van der Waals surface area contributed by atoms with E-state index in [-0.39, 0.29) is 11.9 Å². The van der Waals surface area contributed by atoms with Crippen LogP contribution in [-0.4, -0.2) is 21.5 Å². The zero-order chi connectivity index (χ0) is 13.0. The highest BCUT2D eigenvalue weighted by Gasteiger charge is 2.09. The van der Waals surface area contributed by atoms with Crippen molar-refractivity contribution in [2.75, 3.05) is 0 Å². The third-order valence-electron chi connectivity index (χ3n) is 2.33. The fraction of sp³-hybridized carbons (Fsp3) is 0.214. The number of hydrogen-bond donors (Lipinski definition) is 0. The maximum absolute atomic E-state index is 12.3. The van der Waals surface area contributed by atoms with Crippen LogP contribution in [0.25, 0.3) is 0 Å². The van der Waals surface area contributed by atoms with E-state index in [0.29, 0.717) is 11.2 Å². The van der Waals surface area contributed by atoms with Crippen LogP contribution in [0.15, 0.2) is 53.8 Å². The Bertz CT molecular complexity index is 600. The first-order valence-corrected chi connectivity index (χ1v) is 5.86. The van der Waals surface area contributed by atoms with Crippen LogP contribution in [0.5, 0.6) is 0 Å². The molecule has 2 aromatic rings. The Kier molecular flexibility index (Phi) is 3.67. The van der Waals surface area contributed by atoms with E-state index in [1.54, 1.807) is 36.7 Å². The van der Waals surface area contributed by atoms with Gasteiger partial charge in [-0.3, -0.25) is 19.3 Å². The van der Waals surface area contributed by atoms with Crippen LogP contribution < -0.4 is 5.49 Å². The quantitative estimate of drug-likeness (QED) is 0.806. The lowest BCUT2D eigenvalue weighted by Gasteiger charge is -2.06. The first kappa shape index (κ1) is 12.2. The van der Waals surface area contributed by atoms with Crippen LogP contribution in [0.2, 0.25) is 0 Å². The number of carbonyl (C=O) groups excluding carboxylic acids is 1. The van der Waals surface area contributed by atoms with Gasteiger partial charge in [0, 0.05) is 18.4 Å². The van der Waals surface area contributed by atoms with Gasteiger partial charge in [-0.25, -0.2) is 0 Å². The van der Waals surface area contributed by atoms with Gasteiger partial charge in [-0.1, -0.05) is 12.1 Å². The lowest BCUT2D eigenvalue weighted by atomic mass is 10.3. The van der Waals surface area contributed by atoms with Crippen molar-refractivity contribution in [3.05, 3.63) is 60.0 Å². The number of hydrogen-bond acceptors (Lipinski definition) is 3. The predicted molar refractivity (Wildman–Crippen MR) is 69.1 cm³/mol. The number of rotatable bonds is 2. The van der Waals surface area contributed by atoms with E-state index in [2.05, 4.69) is 9.98 Å². The molecule has 0 aromatic carbocycles. The molecular formula is C14H15N3O. The molecule has 0 bridgehead atoms. The lowest BCUT2D eigenvalue weighted by molar-refractivity contribution is 0.0949. The summed E-state index contributed by atoms with van der Waals surface area (Å²) in [6.07, 6.45) is 3.31. The molecule has 2 heterocycles. The van der Waals surface area contributed by atoms with Crippen molar-refractivity contribution in [1.82, 2.24) is 9.55 Å². The van der Waals surface area contributed by atoms with Crippen molar-refractivity contribution in [1.29, 1.82) is 0 Å².